The smallest absolute Gasteiger partial charge is 0.272 e. The average Bonchev–Trinajstić information content (AvgIpc) is 3.35. The maximum absolute atomic E-state index is 12.5. The van der Waals surface area contributed by atoms with Gasteiger partial charge < -0.3 is 19.8 Å². The van der Waals surface area contributed by atoms with Crippen molar-refractivity contribution in [3.63, 3.8) is 0 Å². The molecule has 0 unspecified atom stereocenters. The molecule has 0 radical (unpaired) electrons. The van der Waals surface area contributed by atoms with Gasteiger partial charge in [0.1, 0.15) is 17.2 Å². The summed E-state index contributed by atoms with van der Waals surface area (Å²) in [7, 11) is 3.22. The maximum atomic E-state index is 12.5. The molecule has 0 aliphatic carbocycles. The molecule has 0 aliphatic rings. The number of nitrogens with one attached hydrogen (secondary N) is 2. The zero-order valence-corrected chi connectivity index (χ0v) is 15.5. The van der Waals surface area contributed by atoms with Crippen LogP contribution in [0.1, 0.15) is 21.8 Å². The Morgan fingerprint density at radius 3 is 2.71 bits per heavy atom. The molecule has 2 heterocycles. The van der Waals surface area contributed by atoms with Gasteiger partial charge in [0, 0.05) is 13.1 Å². The van der Waals surface area contributed by atoms with Crippen LogP contribution in [0.15, 0.2) is 59.4 Å². The number of hydrogen-bond donors (Lipinski definition) is 2. The van der Waals surface area contributed by atoms with Crippen molar-refractivity contribution in [1.82, 2.24) is 15.1 Å². The van der Waals surface area contributed by atoms with Gasteiger partial charge in [-0.3, -0.25) is 14.3 Å². The van der Waals surface area contributed by atoms with Gasteiger partial charge >= 0.3 is 0 Å². The van der Waals surface area contributed by atoms with Crippen LogP contribution in [0.3, 0.4) is 0 Å². The van der Waals surface area contributed by atoms with Gasteiger partial charge in [0.25, 0.3) is 5.91 Å². The number of aromatic nitrogens is 2. The maximum Gasteiger partial charge on any atom is 0.272 e. The molecular weight excluding hydrogens is 360 g/mol. The number of furan rings is 1. The van der Waals surface area contributed by atoms with Crippen molar-refractivity contribution in [2.45, 2.75) is 6.54 Å². The Bertz CT molecular complexity index is 972. The van der Waals surface area contributed by atoms with Crippen LogP contribution in [0.5, 0.6) is 5.75 Å². The quantitative estimate of drug-likeness (QED) is 0.614. The van der Waals surface area contributed by atoms with Crippen molar-refractivity contribution in [3.8, 4) is 5.75 Å². The van der Waals surface area contributed by atoms with Gasteiger partial charge in [-0.2, -0.15) is 5.10 Å². The predicted molar refractivity (Wildman–Crippen MR) is 104 cm³/mol. The van der Waals surface area contributed by atoms with Crippen molar-refractivity contribution in [2.75, 3.05) is 12.4 Å². The second-order valence-corrected chi connectivity index (χ2v) is 5.89. The largest absolute Gasteiger partial charge is 0.497 e. The van der Waals surface area contributed by atoms with Gasteiger partial charge in [0.05, 0.1) is 31.8 Å². The Labute approximate surface area is 161 Å². The van der Waals surface area contributed by atoms with E-state index in [1.165, 1.54) is 23.2 Å². The summed E-state index contributed by atoms with van der Waals surface area (Å²) >= 11 is 0. The third kappa shape index (κ3) is 4.67. The Morgan fingerprint density at radius 1 is 1.25 bits per heavy atom. The van der Waals surface area contributed by atoms with Crippen molar-refractivity contribution in [3.05, 3.63) is 72.0 Å². The fourth-order valence-corrected chi connectivity index (χ4v) is 2.52. The Kier molecular flexibility index (Phi) is 5.91. The monoisotopic (exact) mass is 380 g/mol. The molecule has 3 rings (SSSR count). The van der Waals surface area contributed by atoms with E-state index in [2.05, 4.69) is 15.7 Å². The molecule has 2 amide bonds. The van der Waals surface area contributed by atoms with Crippen LogP contribution in [-0.4, -0.2) is 28.7 Å². The topological polar surface area (TPSA) is 98.4 Å². The Morgan fingerprint density at radius 2 is 2.04 bits per heavy atom. The zero-order chi connectivity index (χ0) is 19.9. The lowest BCUT2D eigenvalue weighted by Gasteiger charge is -2.07. The summed E-state index contributed by atoms with van der Waals surface area (Å²) in [4.78, 5) is 24.7. The molecule has 144 valence electrons. The van der Waals surface area contributed by atoms with Crippen LogP contribution < -0.4 is 15.4 Å². The highest BCUT2D eigenvalue weighted by Gasteiger charge is 2.18. The van der Waals surface area contributed by atoms with Crippen LogP contribution >= 0.6 is 0 Å². The number of rotatable bonds is 7. The fraction of sp³-hybridized carbons (Fsp3) is 0.150. The minimum atomic E-state index is -0.371. The second kappa shape index (κ2) is 8.72. The fourth-order valence-electron chi connectivity index (χ4n) is 2.52. The number of hydrogen-bond acceptors (Lipinski definition) is 5. The lowest BCUT2D eigenvalue weighted by molar-refractivity contribution is -0.111. The molecule has 0 aliphatic heterocycles. The first-order valence-corrected chi connectivity index (χ1v) is 8.52. The van der Waals surface area contributed by atoms with Gasteiger partial charge in [-0.1, -0.05) is 12.1 Å². The predicted octanol–water partition coefficient (Wildman–Crippen LogP) is 2.60. The van der Waals surface area contributed by atoms with E-state index in [1.807, 2.05) is 12.1 Å². The van der Waals surface area contributed by atoms with E-state index >= 15 is 0 Å². The van der Waals surface area contributed by atoms with Gasteiger partial charge in [-0.05, 0) is 35.9 Å². The van der Waals surface area contributed by atoms with E-state index in [4.69, 9.17) is 9.15 Å². The number of ether oxygens (including phenoxy) is 1. The summed E-state index contributed by atoms with van der Waals surface area (Å²) in [6.45, 7) is 0.238. The molecule has 0 saturated carbocycles. The molecule has 2 N–H and O–H groups in total. The lowest BCUT2D eigenvalue weighted by Crippen LogP contribution is -2.26. The summed E-state index contributed by atoms with van der Waals surface area (Å²) in [5, 5.41) is 9.47. The molecular formula is C20H20N4O4. The molecule has 28 heavy (non-hydrogen) atoms. The molecule has 8 nitrogen and oxygen atoms in total. The number of carbonyl (C=O) groups is 2. The zero-order valence-electron chi connectivity index (χ0n) is 15.5. The first-order chi connectivity index (χ1) is 13.6. The van der Waals surface area contributed by atoms with Crippen LogP contribution in [0.4, 0.5) is 5.69 Å². The molecule has 3 aromatic rings. The summed E-state index contributed by atoms with van der Waals surface area (Å²) in [6, 6.07) is 10.8. The third-order valence-corrected chi connectivity index (χ3v) is 3.96. The highest BCUT2D eigenvalue weighted by molar-refractivity contribution is 6.06. The highest BCUT2D eigenvalue weighted by Crippen LogP contribution is 2.15. The number of anilines is 1. The molecule has 0 atom stereocenters. The summed E-state index contributed by atoms with van der Waals surface area (Å²) in [5.74, 6) is 0.625. The van der Waals surface area contributed by atoms with Crippen LogP contribution in [0.2, 0.25) is 0 Å². The third-order valence-electron chi connectivity index (χ3n) is 3.96. The standard InChI is InChI=1S/C20H20N4O4/c1-24-19(20(26)21-12-16-4-3-11-28-16)17(13-22-24)23-18(25)10-7-14-5-8-15(27-2)9-6-14/h3-11,13H,12H2,1-2H3,(H,21,26)(H,23,25)/b10-7+. The summed E-state index contributed by atoms with van der Waals surface area (Å²) < 4.78 is 11.7. The van der Waals surface area contributed by atoms with Gasteiger partial charge in [-0.15, -0.1) is 0 Å². The molecule has 0 bridgehead atoms. The highest BCUT2D eigenvalue weighted by atomic mass is 16.5. The van der Waals surface area contributed by atoms with Gasteiger partial charge in [0.15, 0.2) is 0 Å². The number of aryl methyl sites for hydroxylation is 1. The normalized spacial score (nSPS) is 10.8. The van der Waals surface area contributed by atoms with E-state index in [9.17, 15) is 9.59 Å². The number of amides is 2. The molecule has 0 fully saturated rings. The van der Waals surface area contributed by atoms with E-state index < -0.39 is 0 Å². The first kappa shape index (κ1) is 19.0. The second-order valence-electron chi connectivity index (χ2n) is 5.89. The van der Waals surface area contributed by atoms with Crippen molar-refractivity contribution in [1.29, 1.82) is 0 Å². The van der Waals surface area contributed by atoms with Gasteiger partial charge in [-0.25, -0.2) is 0 Å². The minimum absolute atomic E-state index is 0.238. The van der Waals surface area contributed by atoms with Crippen molar-refractivity contribution < 1.29 is 18.7 Å². The van der Waals surface area contributed by atoms with Crippen molar-refractivity contribution in [2.24, 2.45) is 7.05 Å². The Balaban J connectivity index is 1.64. The summed E-state index contributed by atoms with van der Waals surface area (Å²) in [6.07, 6.45) is 6.02. The molecule has 0 saturated heterocycles. The van der Waals surface area contributed by atoms with Crippen molar-refractivity contribution >= 4 is 23.6 Å². The molecule has 0 spiro atoms. The van der Waals surface area contributed by atoms with E-state index in [0.29, 0.717) is 11.4 Å². The SMILES string of the molecule is COc1ccc(/C=C/C(=O)Nc2cnn(C)c2C(=O)NCc2ccco2)cc1. The number of carbonyl (C=O) groups excluding carboxylic acids is 2. The first-order valence-electron chi connectivity index (χ1n) is 8.52. The van der Waals surface area contributed by atoms with Crippen LogP contribution in [0.25, 0.3) is 6.08 Å². The Hall–Kier alpha value is -3.81. The van der Waals surface area contributed by atoms with Crippen LogP contribution in [-0.2, 0) is 18.4 Å². The molecule has 2 aromatic heterocycles. The van der Waals surface area contributed by atoms with E-state index in [0.717, 1.165) is 11.3 Å². The lowest BCUT2D eigenvalue weighted by atomic mass is 10.2. The van der Waals surface area contributed by atoms with E-state index in [1.54, 1.807) is 44.5 Å². The van der Waals surface area contributed by atoms with E-state index in [-0.39, 0.29) is 24.1 Å². The number of methoxy groups -OCH3 is 1. The number of nitrogens with zero attached hydrogens (tertiary/aromatic N) is 2. The van der Waals surface area contributed by atoms with Crippen LogP contribution in [0, 0.1) is 0 Å². The average molecular weight is 380 g/mol. The minimum Gasteiger partial charge on any atom is -0.497 e. The summed E-state index contributed by atoms with van der Waals surface area (Å²) in [5.41, 5.74) is 1.42. The van der Waals surface area contributed by atoms with Gasteiger partial charge in [0.2, 0.25) is 5.91 Å². The molecule has 8 heteroatoms. The molecule has 1 aromatic carbocycles. The number of benzene rings is 1.